The second kappa shape index (κ2) is 35.5. The van der Waals surface area contributed by atoms with E-state index in [1.54, 1.807) is 84.9 Å². The summed E-state index contributed by atoms with van der Waals surface area (Å²) in [6.07, 6.45) is 0.526. The number of allylic oxidation sites excluding steroid dienone is 2. The van der Waals surface area contributed by atoms with Gasteiger partial charge in [-0.1, -0.05) is 132 Å². The minimum absolute atomic E-state index is 0.123. The number of nitrogens with one attached hydrogen (secondary N) is 3. The molecule has 2 saturated heterocycles. The lowest BCUT2D eigenvalue weighted by atomic mass is 9.90. The van der Waals surface area contributed by atoms with Gasteiger partial charge in [-0.05, 0) is 101 Å². The third kappa shape index (κ3) is 20.5. The van der Waals surface area contributed by atoms with Crippen LogP contribution < -0.4 is 16.0 Å². The monoisotopic (exact) mass is 1310 g/mol. The normalized spacial score (nSPS) is 27.9. The van der Waals surface area contributed by atoms with E-state index in [9.17, 15) is 33.9 Å². The van der Waals surface area contributed by atoms with E-state index in [-0.39, 0.29) is 55.8 Å². The minimum Gasteiger partial charge on any atom is -0.390 e. The third-order valence-electron chi connectivity index (χ3n) is 18.0. The predicted octanol–water partition coefficient (Wildman–Crippen LogP) is 4.69. The van der Waals surface area contributed by atoms with Gasteiger partial charge in [-0.25, -0.2) is 0 Å². The molecule has 24 nitrogen and oxygen atoms in total. The lowest BCUT2D eigenvalue weighted by Gasteiger charge is -2.43. The van der Waals surface area contributed by atoms with E-state index in [0.717, 1.165) is 9.80 Å². The Hall–Kier alpha value is -6.95. The highest BCUT2D eigenvalue weighted by atomic mass is 16.5. The van der Waals surface area contributed by atoms with Crippen LogP contribution in [-0.2, 0) is 57.5 Å². The van der Waals surface area contributed by atoms with E-state index in [1.807, 2.05) is 61.5 Å². The topological polar surface area (TPSA) is 279 Å². The number of benzene rings is 1. The molecule has 93 heavy (non-hydrogen) atoms. The molecule has 0 aliphatic carbocycles. The first-order valence-electron chi connectivity index (χ1n) is 33.2. The zero-order valence-corrected chi connectivity index (χ0v) is 60.3. The van der Waals surface area contributed by atoms with Crippen molar-refractivity contribution >= 4 is 65.0 Å². The number of aliphatic hydroxyl groups is 1. The van der Waals surface area contributed by atoms with Crippen molar-refractivity contribution in [2.75, 3.05) is 55.9 Å². The maximum atomic E-state index is 16.1. The summed E-state index contributed by atoms with van der Waals surface area (Å²) in [7, 11) is 9.96. The minimum atomic E-state index is -1.72. The molecule has 1 aromatic rings. The number of rotatable bonds is 15. The smallest absolute Gasteiger partial charge is 0.251 e. The quantitative estimate of drug-likeness (QED) is 0.174. The van der Waals surface area contributed by atoms with Crippen LogP contribution in [0, 0.1) is 41.4 Å². The number of carbonyl (C=O) groups excluding carboxylic acids is 11. The number of nitrogens with zero attached hydrogens (tertiary/aromatic N) is 8. The maximum absolute atomic E-state index is 16.1. The van der Waals surface area contributed by atoms with Crippen molar-refractivity contribution in [2.45, 2.75) is 229 Å². The summed E-state index contributed by atoms with van der Waals surface area (Å²) >= 11 is 0. The highest BCUT2D eigenvalue weighted by Crippen LogP contribution is 2.38. The van der Waals surface area contributed by atoms with E-state index in [1.165, 1.54) is 92.6 Å². The Kier molecular flexibility index (Phi) is 30.7. The molecule has 524 valence electrons. The number of amides is 11. The molecule has 2 heterocycles. The van der Waals surface area contributed by atoms with E-state index in [4.69, 9.17) is 4.74 Å². The average molecular weight is 1310 g/mol. The Labute approximate surface area is 554 Å². The second-order valence-corrected chi connectivity index (χ2v) is 28.4. The number of carbonyl (C=O) groups is 11. The third-order valence-corrected chi connectivity index (χ3v) is 18.0. The molecule has 14 atom stereocenters. The number of ether oxygens (including phenoxy) is 1. The Morgan fingerprint density at radius 1 is 0.495 bits per heavy atom. The molecule has 2 aliphatic heterocycles. The van der Waals surface area contributed by atoms with Crippen molar-refractivity contribution in [1.29, 1.82) is 0 Å². The van der Waals surface area contributed by atoms with Crippen LogP contribution >= 0.6 is 0 Å². The molecule has 24 heteroatoms. The Morgan fingerprint density at radius 3 is 1.42 bits per heavy atom. The van der Waals surface area contributed by atoms with Gasteiger partial charge in [-0.15, -0.1) is 0 Å². The largest absolute Gasteiger partial charge is 0.390 e. The van der Waals surface area contributed by atoms with Crippen molar-refractivity contribution < 1.29 is 62.6 Å². The Bertz CT molecular complexity index is 2780. The number of likely N-dealkylation sites (N-methyl/N-ethyl adjacent to an activating group) is 7. The molecule has 2 fully saturated rings. The molecule has 0 spiro atoms. The molecule has 0 unspecified atom stereocenters. The van der Waals surface area contributed by atoms with Crippen LogP contribution in [0.5, 0.6) is 0 Å². The molecular weight excluding hydrogens is 1190 g/mol. The van der Waals surface area contributed by atoms with Crippen LogP contribution in [0.4, 0.5) is 0 Å². The van der Waals surface area contributed by atoms with Gasteiger partial charge in [0.1, 0.15) is 60.4 Å². The molecule has 0 aromatic heterocycles. The fourth-order valence-corrected chi connectivity index (χ4v) is 12.3. The van der Waals surface area contributed by atoms with Gasteiger partial charge in [0.15, 0.2) is 6.23 Å². The van der Waals surface area contributed by atoms with Gasteiger partial charge >= 0.3 is 0 Å². The molecule has 11 amide bonds. The summed E-state index contributed by atoms with van der Waals surface area (Å²) in [5.74, 6) is -10.1. The fourth-order valence-electron chi connectivity index (χ4n) is 12.3. The van der Waals surface area contributed by atoms with Crippen LogP contribution in [0.1, 0.15) is 162 Å². The molecule has 4 N–H and O–H groups in total. The average Bonchev–Trinajstić information content (AvgIpc) is 1.68. The van der Waals surface area contributed by atoms with Crippen LogP contribution in [0.25, 0.3) is 0 Å². The Morgan fingerprint density at radius 2 is 0.935 bits per heavy atom. The highest BCUT2D eigenvalue weighted by molar-refractivity contribution is 6.00. The lowest BCUT2D eigenvalue weighted by molar-refractivity contribution is -0.162. The van der Waals surface area contributed by atoms with E-state index in [0.29, 0.717) is 5.56 Å². The zero-order valence-electron chi connectivity index (χ0n) is 60.3. The second-order valence-electron chi connectivity index (χ2n) is 28.4. The van der Waals surface area contributed by atoms with Crippen LogP contribution in [0.15, 0.2) is 42.5 Å². The van der Waals surface area contributed by atoms with Crippen molar-refractivity contribution in [3.63, 3.8) is 0 Å². The van der Waals surface area contributed by atoms with Crippen molar-refractivity contribution in [3.8, 4) is 0 Å². The first-order chi connectivity index (χ1) is 43.2. The first-order valence-corrected chi connectivity index (χ1v) is 33.2. The SMILES string of the molecule is C/C=C/C[C@@H](C)[C@@H](O)[C@H]1C(=O)N2[C@@H](c3ccccc3)O[C@@H](C)[C@@H]2C(=O)N(C)CC(=O)N(C)[C@@H](CC(C)C)C(=O)N[C@@H](C(C)C)C(=O)N(C)[C@@H](CC(C)C)C(=O)N[C@@H](C)C(=O)N[C@H](C)C(=O)N(C)[C@@H](CC(C)C)C(=O)N(C)[C@@H](CC(C)C)C(=O)N(C)[C@@H](C(C)C)C(=O)N1C. The first kappa shape index (κ1) is 80.3. The fraction of sp³-hybridized carbons (Fsp3) is 0.725. The van der Waals surface area contributed by atoms with Crippen molar-refractivity contribution in [3.05, 3.63) is 48.0 Å². The highest BCUT2D eigenvalue weighted by Gasteiger charge is 2.54. The van der Waals surface area contributed by atoms with Crippen molar-refractivity contribution in [1.82, 2.24) is 55.1 Å². The van der Waals surface area contributed by atoms with Gasteiger partial charge in [-0.3, -0.25) is 57.6 Å². The predicted molar refractivity (Wildman–Crippen MR) is 357 cm³/mol. The van der Waals surface area contributed by atoms with Gasteiger partial charge in [0.05, 0.1) is 18.8 Å². The summed E-state index contributed by atoms with van der Waals surface area (Å²) in [6, 6.07) is -4.22. The molecule has 2 aliphatic rings. The van der Waals surface area contributed by atoms with Gasteiger partial charge < -0.3 is 60.1 Å². The van der Waals surface area contributed by atoms with Crippen LogP contribution in [-0.4, -0.2) is 238 Å². The number of hydrogen-bond donors (Lipinski definition) is 4. The molecule has 3 rings (SSSR count). The van der Waals surface area contributed by atoms with E-state index >= 15 is 24.0 Å². The standard InChI is InChI=1S/C69H115N11O13/c1-25-26-30-44(14)58(82)57-68(92)80-56(47(17)93-69(80)48-31-28-27-29-32-48)66(90)73(18)37-53(81)74(19)49(33-38(2)3)61(85)72-54(42(10)11)65(89)75(20)50(34-39(4)5)60(84)70-45(15)59(83)71-46(16)62(86)76(21)51(35-40(6)7)63(87)77(22)52(36-41(8)9)64(88)78(23)55(43(12)13)67(91)79(57)24/h25-29,31-32,38-47,49-52,54-58,69,82H,30,33-37H2,1-24H3,(H,70,84)(H,71,83)(H,72,85)/b26-25+/t44-,45+,46-,47+,49+,50+,51+,52+,54+,55+,56-,57+,58-,69-/m1/s1. The summed E-state index contributed by atoms with van der Waals surface area (Å²) in [5.41, 5.74) is 0.460. The van der Waals surface area contributed by atoms with Crippen LogP contribution in [0.2, 0.25) is 0 Å². The summed E-state index contributed by atoms with van der Waals surface area (Å²) < 4.78 is 6.56. The summed E-state index contributed by atoms with van der Waals surface area (Å²) in [4.78, 5) is 174. The molecular formula is C69H115N11O13. The van der Waals surface area contributed by atoms with Gasteiger partial charge in [0, 0.05) is 54.9 Å². The number of fused-ring (bicyclic) bond motifs is 1. The molecule has 0 saturated carbocycles. The molecule has 0 radical (unpaired) electrons. The molecule has 1 aromatic carbocycles. The van der Waals surface area contributed by atoms with Gasteiger partial charge in [-0.2, -0.15) is 0 Å². The van der Waals surface area contributed by atoms with Gasteiger partial charge in [0.2, 0.25) is 59.1 Å². The van der Waals surface area contributed by atoms with E-state index in [2.05, 4.69) is 16.0 Å². The number of hydrogen-bond acceptors (Lipinski definition) is 13. The van der Waals surface area contributed by atoms with Crippen LogP contribution in [0.3, 0.4) is 0 Å². The maximum Gasteiger partial charge on any atom is 0.251 e. The molecule has 0 bridgehead atoms. The Balaban J connectivity index is 2.44. The summed E-state index contributed by atoms with van der Waals surface area (Å²) in [5, 5.41) is 20.9. The zero-order chi connectivity index (χ0) is 71.1. The number of aliphatic hydroxyl groups excluding tert-OH is 1. The van der Waals surface area contributed by atoms with Crippen molar-refractivity contribution in [2.24, 2.45) is 41.4 Å². The van der Waals surface area contributed by atoms with E-state index < -0.39 is 168 Å². The van der Waals surface area contributed by atoms with Gasteiger partial charge in [0.25, 0.3) is 5.91 Å². The lowest BCUT2D eigenvalue weighted by Crippen LogP contribution is -2.64. The summed E-state index contributed by atoms with van der Waals surface area (Å²) in [6.45, 7) is 29.3.